The lowest BCUT2D eigenvalue weighted by Crippen LogP contribution is -2.17. The van der Waals surface area contributed by atoms with Gasteiger partial charge in [0.05, 0.1) is 18.9 Å². The molecular weight excluding hydrogens is 440 g/mol. The van der Waals surface area contributed by atoms with E-state index in [9.17, 15) is 9.59 Å². The summed E-state index contributed by atoms with van der Waals surface area (Å²) in [4.78, 5) is 25.1. The zero-order chi connectivity index (χ0) is 23.2. The molecule has 0 saturated heterocycles. The van der Waals surface area contributed by atoms with Gasteiger partial charge in [0.25, 0.3) is 5.91 Å². The topological polar surface area (TPSA) is 77.0 Å². The van der Waals surface area contributed by atoms with Gasteiger partial charge in [-0.15, -0.1) is 0 Å². The minimum Gasteiger partial charge on any atom is -0.493 e. The van der Waals surface area contributed by atoms with Gasteiger partial charge in [-0.05, 0) is 58.8 Å². The molecule has 4 aromatic rings. The highest BCUT2D eigenvalue weighted by Gasteiger charge is 2.15. The molecule has 164 valence electrons. The van der Waals surface area contributed by atoms with Gasteiger partial charge in [0, 0.05) is 10.6 Å². The minimum atomic E-state index is -0.506. The summed E-state index contributed by atoms with van der Waals surface area (Å²) in [5.74, 6) is -0.275. The van der Waals surface area contributed by atoms with E-state index in [4.69, 9.17) is 21.1 Å². The van der Waals surface area contributed by atoms with Gasteiger partial charge in [-0.2, -0.15) is 5.10 Å². The van der Waals surface area contributed by atoms with Crippen LogP contribution in [0.2, 0.25) is 5.02 Å². The van der Waals surface area contributed by atoms with Crippen molar-refractivity contribution in [3.8, 4) is 11.5 Å². The number of carbonyl (C=O) groups excluding carboxylic acids is 2. The first-order chi connectivity index (χ1) is 16.0. The van der Waals surface area contributed by atoms with Crippen molar-refractivity contribution in [3.63, 3.8) is 0 Å². The fourth-order valence-corrected chi connectivity index (χ4v) is 3.46. The Kier molecular flexibility index (Phi) is 6.66. The maximum absolute atomic E-state index is 12.9. The largest absolute Gasteiger partial charge is 0.493 e. The van der Waals surface area contributed by atoms with Crippen molar-refractivity contribution in [1.29, 1.82) is 0 Å². The van der Waals surface area contributed by atoms with Crippen LogP contribution in [0.15, 0.2) is 90.0 Å². The monoisotopic (exact) mass is 458 g/mol. The Balaban J connectivity index is 1.52. The third kappa shape index (κ3) is 5.19. The van der Waals surface area contributed by atoms with Gasteiger partial charge in [0.1, 0.15) is 0 Å². The average Bonchev–Trinajstić information content (AvgIpc) is 2.83. The molecule has 0 aliphatic heterocycles. The molecule has 0 spiro atoms. The number of hydrogen-bond donors (Lipinski definition) is 1. The fourth-order valence-electron chi connectivity index (χ4n) is 3.27. The lowest BCUT2D eigenvalue weighted by molar-refractivity contribution is 0.0731. The van der Waals surface area contributed by atoms with Gasteiger partial charge in [-0.25, -0.2) is 10.2 Å². The zero-order valence-corrected chi connectivity index (χ0v) is 18.4. The number of esters is 1. The van der Waals surface area contributed by atoms with Crippen molar-refractivity contribution >= 4 is 40.5 Å². The molecule has 1 amide bonds. The quantitative estimate of drug-likeness (QED) is 0.179. The number of fused-ring (bicyclic) bond motifs is 1. The van der Waals surface area contributed by atoms with E-state index >= 15 is 0 Å². The SMILES string of the molecule is COc1ccc(/C=N\NC(=O)c2cccc(Cl)c2)cc1OC(=O)c1cccc2ccccc12. The number of methoxy groups -OCH3 is 1. The van der Waals surface area contributed by atoms with Crippen LogP contribution >= 0.6 is 11.6 Å². The molecule has 0 aliphatic rings. The van der Waals surface area contributed by atoms with Crippen LogP contribution in [0.3, 0.4) is 0 Å². The molecule has 7 heteroatoms. The number of nitrogens with one attached hydrogen (secondary N) is 1. The van der Waals surface area contributed by atoms with Crippen molar-refractivity contribution in [3.05, 3.63) is 107 Å². The molecule has 0 aromatic heterocycles. The van der Waals surface area contributed by atoms with E-state index in [1.807, 2.05) is 36.4 Å². The van der Waals surface area contributed by atoms with Crippen molar-refractivity contribution in [2.45, 2.75) is 0 Å². The maximum atomic E-state index is 12.9. The fraction of sp³-hybridized carbons (Fsp3) is 0.0385. The molecule has 4 rings (SSSR count). The van der Waals surface area contributed by atoms with E-state index in [-0.39, 0.29) is 5.75 Å². The smallest absolute Gasteiger partial charge is 0.344 e. The van der Waals surface area contributed by atoms with Gasteiger partial charge in [0.2, 0.25) is 0 Å². The predicted octanol–water partition coefficient (Wildman–Crippen LogP) is 5.48. The zero-order valence-electron chi connectivity index (χ0n) is 17.6. The van der Waals surface area contributed by atoms with Crippen LogP contribution in [-0.2, 0) is 0 Å². The van der Waals surface area contributed by atoms with Crippen LogP contribution in [0.4, 0.5) is 0 Å². The van der Waals surface area contributed by atoms with Crippen molar-refractivity contribution < 1.29 is 19.1 Å². The van der Waals surface area contributed by atoms with Gasteiger partial charge in [-0.1, -0.05) is 54.1 Å². The molecule has 6 nitrogen and oxygen atoms in total. The molecule has 0 saturated carbocycles. The number of nitrogens with zero attached hydrogens (tertiary/aromatic N) is 1. The van der Waals surface area contributed by atoms with Gasteiger partial charge >= 0.3 is 5.97 Å². The van der Waals surface area contributed by atoms with Gasteiger partial charge in [0.15, 0.2) is 11.5 Å². The number of hydrogen-bond acceptors (Lipinski definition) is 5. The van der Waals surface area contributed by atoms with Crippen LogP contribution in [0.1, 0.15) is 26.3 Å². The molecule has 1 N–H and O–H groups in total. The maximum Gasteiger partial charge on any atom is 0.344 e. The first-order valence-corrected chi connectivity index (χ1v) is 10.4. The molecule has 0 fully saturated rings. The summed E-state index contributed by atoms with van der Waals surface area (Å²) in [7, 11) is 1.49. The van der Waals surface area contributed by atoms with Crippen molar-refractivity contribution in [1.82, 2.24) is 5.43 Å². The van der Waals surface area contributed by atoms with Crippen LogP contribution in [-0.4, -0.2) is 25.2 Å². The van der Waals surface area contributed by atoms with Crippen LogP contribution < -0.4 is 14.9 Å². The normalized spacial score (nSPS) is 10.8. The molecule has 0 aliphatic carbocycles. The number of rotatable bonds is 6. The molecule has 0 unspecified atom stereocenters. The predicted molar refractivity (Wildman–Crippen MR) is 128 cm³/mol. The molecule has 0 heterocycles. The first-order valence-electron chi connectivity index (χ1n) is 10.0. The Morgan fingerprint density at radius 3 is 2.52 bits per heavy atom. The molecule has 4 aromatic carbocycles. The number of amides is 1. The Hall–Kier alpha value is -4.16. The number of carbonyl (C=O) groups is 2. The minimum absolute atomic E-state index is 0.237. The van der Waals surface area contributed by atoms with Crippen LogP contribution in [0, 0.1) is 0 Å². The van der Waals surface area contributed by atoms with E-state index in [0.717, 1.165) is 10.8 Å². The Labute approximate surface area is 195 Å². The second-order valence-electron chi connectivity index (χ2n) is 7.04. The summed E-state index contributed by atoms with van der Waals surface area (Å²) in [6.45, 7) is 0. The van der Waals surface area contributed by atoms with Gasteiger partial charge < -0.3 is 9.47 Å². The molecule has 0 atom stereocenters. The van der Waals surface area contributed by atoms with Crippen molar-refractivity contribution in [2.75, 3.05) is 7.11 Å². The summed E-state index contributed by atoms with van der Waals surface area (Å²) in [6.07, 6.45) is 1.44. The lowest BCUT2D eigenvalue weighted by atomic mass is 10.0. The average molecular weight is 459 g/mol. The van der Waals surface area contributed by atoms with E-state index in [1.165, 1.54) is 13.3 Å². The summed E-state index contributed by atoms with van der Waals surface area (Å²) in [5.41, 5.74) is 3.88. The standard InChI is InChI=1S/C26H19ClN2O4/c1-32-23-13-12-17(16-28-29-25(30)19-8-4-9-20(27)15-19)14-24(23)33-26(31)22-11-5-7-18-6-2-3-10-21(18)22/h2-16H,1H3,(H,29,30)/b28-16-. The second-order valence-corrected chi connectivity index (χ2v) is 7.47. The molecule has 33 heavy (non-hydrogen) atoms. The summed E-state index contributed by atoms with van der Waals surface area (Å²) < 4.78 is 11.0. The second kappa shape index (κ2) is 9.97. The number of benzene rings is 4. The first kappa shape index (κ1) is 22.0. The highest BCUT2D eigenvalue weighted by atomic mass is 35.5. The Morgan fingerprint density at radius 1 is 0.909 bits per heavy atom. The number of ether oxygens (including phenoxy) is 2. The van der Waals surface area contributed by atoms with E-state index < -0.39 is 11.9 Å². The van der Waals surface area contributed by atoms with E-state index in [1.54, 1.807) is 48.5 Å². The molecular formula is C26H19ClN2O4. The van der Waals surface area contributed by atoms with E-state index in [0.29, 0.717) is 27.5 Å². The summed E-state index contributed by atoms with van der Waals surface area (Å²) in [5, 5.41) is 6.17. The van der Waals surface area contributed by atoms with Crippen LogP contribution in [0.25, 0.3) is 10.8 Å². The third-order valence-corrected chi connectivity index (χ3v) is 5.10. The number of halogens is 1. The van der Waals surface area contributed by atoms with Gasteiger partial charge in [-0.3, -0.25) is 4.79 Å². The Bertz CT molecular complexity index is 1360. The summed E-state index contributed by atoms with van der Waals surface area (Å²) >= 11 is 5.91. The molecule has 0 bridgehead atoms. The number of hydrazone groups is 1. The third-order valence-electron chi connectivity index (χ3n) is 4.87. The van der Waals surface area contributed by atoms with Crippen LogP contribution in [0.5, 0.6) is 11.5 Å². The highest BCUT2D eigenvalue weighted by Crippen LogP contribution is 2.29. The molecule has 0 radical (unpaired) electrons. The van der Waals surface area contributed by atoms with Crippen molar-refractivity contribution in [2.24, 2.45) is 5.10 Å². The lowest BCUT2D eigenvalue weighted by Gasteiger charge is -2.11. The highest BCUT2D eigenvalue weighted by molar-refractivity contribution is 6.31. The van der Waals surface area contributed by atoms with E-state index in [2.05, 4.69) is 10.5 Å². The summed E-state index contributed by atoms with van der Waals surface area (Å²) in [6, 6.07) is 24.6. The Morgan fingerprint density at radius 2 is 1.70 bits per heavy atom.